The van der Waals surface area contributed by atoms with Gasteiger partial charge in [0.15, 0.2) is 5.69 Å². The fourth-order valence-electron chi connectivity index (χ4n) is 1.34. The van der Waals surface area contributed by atoms with E-state index in [0.717, 1.165) is 7.11 Å². The molecule has 2 amide bonds. The minimum atomic E-state index is -3.11. The number of carbonyl (C=O) groups is 3. The van der Waals surface area contributed by atoms with Crippen LogP contribution in [-0.4, -0.2) is 46.7 Å². The van der Waals surface area contributed by atoms with Gasteiger partial charge < -0.3 is 9.47 Å². The van der Waals surface area contributed by atoms with Crippen LogP contribution >= 0.6 is 0 Å². The number of alkyl halides is 2. The summed E-state index contributed by atoms with van der Waals surface area (Å²) in [5.41, 5.74) is -1.55. The third kappa shape index (κ3) is 4.19. The van der Waals surface area contributed by atoms with Gasteiger partial charge in [0.1, 0.15) is 12.2 Å². The number of nitrogens with one attached hydrogen (secondary N) is 1. The maximum absolute atomic E-state index is 13.0. The molecule has 0 spiro atoms. The first-order valence-corrected chi connectivity index (χ1v) is 5.67. The Labute approximate surface area is 117 Å². The van der Waals surface area contributed by atoms with Crippen LogP contribution in [-0.2, 0) is 20.8 Å². The van der Waals surface area contributed by atoms with E-state index in [9.17, 15) is 23.2 Å². The Hall–Kier alpha value is -2.59. The second-order valence-corrected chi connectivity index (χ2v) is 3.54. The van der Waals surface area contributed by atoms with Crippen molar-refractivity contribution in [2.45, 2.75) is 19.9 Å². The number of halogens is 2. The Morgan fingerprint density at radius 3 is 2.57 bits per heavy atom. The van der Waals surface area contributed by atoms with Gasteiger partial charge in [0.05, 0.1) is 13.7 Å². The largest absolute Gasteiger partial charge is 0.461 e. The highest BCUT2D eigenvalue weighted by atomic mass is 19.3. The second kappa shape index (κ2) is 7.26. The monoisotopic (exact) mass is 306 g/mol. The van der Waals surface area contributed by atoms with Crippen molar-refractivity contribution in [1.82, 2.24) is 20.3 Å². The van der Waals surface area contributed by atoms with Gasteiger partial charge in [-0.1, -0.05) is 5.21 Å². The van der Waals surface area contributed by atoms with Gasteiger partial charge in [0, 0.05) is 0 Å². The third-order valence-corrected chi connectivity index (χ3v) is 2.17. The predicted octanol–water partition coefficient (Wildman–Crippen LogP) is 0.275. The van der Waals surface area contributed by atoms with Gasteiger partial charge in [-0.15, -0.1) is 5.10 Å². The fraction of sp³-hybridized carbons (Fsp3) is 0.500. The Bertz CT molecular complexity index is 546. The number of esters is 1. The second-order valence-electron chi connectivity index (χ2n) is 3.54. The first kappa shape index (κ1) is 16.5. The van der Waals surface area contributed by atoms with Crippen LogP contribution in [0.25, 0.3) is 0 Å². The number of amides is 2. The summed E-state index contributed by atoms with van der Waals surface area (Å²) >= 11 is 0. The van der Waals surface area contributed by atoms with Crippen LogP contribution in [0.5, 0.6) is 0 Å². The maximum atomic E-state index is 13.0. The molecule has 0 radical (unpaired) electrons. The number of hydrogen-bond acceptors (Lipinski definition) is 7. The van der Waals surface area contributed by atoms with E-state index in [2.05, 4.69) is 19.8 Å². The number of aromatic nitrogens is 3. The summed E-state index contributed by atoms with van der Waals surface area (Å²) in [7, 11) is 1.03. The molecule has 1 aromatic heterocycles. The van der Waals surface area contributed by atoms with Crippen LogP contribution in [0.4, 0.5) is 13.6 Å². The van der Waals surface area contributed by atoms with Crippen LogP contribution in [0.3, 0.4) is 0 Å². The standard InChI is InChI=1S/C10H12F2N4O5/c1-3-21-9(18)6-7(8(11)12)16(15-14-6)4-5(17)13-10(19)20-2/h8H,3-4H2,1-2H3,(H,13,17,19). The number of ether oxygens (including phenoxy) is 2. The number of methoxy groups -OCH3 is 1. The fourth-order valence-corrected chi connectivity index (χ4v) is 1.34. The summed E-state index contributed by atoms with van der Waals surface area (Å²) in [4.78, 5) is 33.7. The topological polar surface area (TPSA) is 112 Å². The molecule has 0 saturated carbocycles. The van der Waals surface area contributed by atoms with Crippen LogP contribution in [0.2, 0.25) is 0 Å². The first-order chi connectivity index (χ1) is 9.90. The van der Waals surface area contributed by atoms with E-state index in [-0.39, 0.29) is 6.61 Å². The molecule has 0 unspecified atom stereocenters. The molecular formula is C10H12F2N4O5. The van der Waals surface area contributed by atoms with E-state index >= 15 is 0 Å². The van der Waals surface area contributed by atoms with Crippen molar-refractivity contribution < 1.29 is 32.6 Å². The van der Waals surface area contributed by atoms with E-state index in [1.807, 2.05) is 0 Å². The number of alkyl carbamates (subject to hydrolysis) is 1. The zero-order chi connectivity index (χ0) is 16.0. The smallest absolute Gasteiger partial charge is 0.413 e. The summed E-state index contributed by atoms with van der Waals surface area (Å²) in [5.74, 6) is -2.03. The zero-order valence-electron chi connectivity index (χ0n) is 11.1. The Morgan fingerprint density at radius 2 is 2.05 bits per heavy atom. The molecule has 0 fully saturated rings. The van der Waals surface area contributed by atoms with Gasteiger partial charge in [0.2, 0.25) is 0 Å². The van der Waals surface area contributed by atoms with Crippen LogP contribution in [0, 0.1) is 0 Å². The average Bonchev–Trinajstić information content (AvgIpc) is 2.82. The van der Waals surface area contributed by atoms with Gasteiger partial charge >= 0.3 is 12.1 Å². The molecule has 116 valence electrons. The molecular weight excluding hydrogens is 294 g/mol. The van der Waals surface area contributed by atoms with E-state index in [1.165, 1.54) is 6.92 Å². The van der Waals surface area contributed by atoms with Crippen LogP contribution in [0.1, 0.15) is 29.5 Å². The van der Waals surface area contributed by atoms with Gasteiger partial charge in [0.25, 0.3) is 12.3 Å². The Kier molecular flexibility index (Phi) is 5.69. The molecule has 1 N–H and O–H groups in total. The average molecular weight is 306 g/mol. The maximum Gasteiger partial charge on any atom is 0.413 e. The lowest BCUT2D eigenvalue weighted by atomic mass is 10.3. The third-order valence-electron chi connectivity index (χ3n) is 2.17. The SMILES string of the molecule is CCOC(=O)c1nnn(CC(=O)NC(=O)OC)c1C(F)F. The van der Waals surface area contributed by atoms with Crippen molar-refractivity contribution in [3.8, 4) is 0 Å². The number of nitrogens with zero attached hydrogens (tertiary/aromatic N) is 3. The van der Waals surface area contributed by atoms with E-state index in [0.29, 0.717) is 4.68 Å². The molecule has 1 rings (SSSR count). The lowest BCUT2D eigenvalue weighted by molar-refractivity contribution is -0.121. The molecule has 0 bridgehead atoms. The molecule has 11 heteroatoms. The molecule has 0 saturated heterocycles. The van der Waals surface area contributed by atoms with Gasteiger partial charge in [-0.05, 0) is 6.92 Å². The van der Waals surface area contributed by atoms with Gasteiger partial charge in [-0.2, -0.15) is 0 Å². The summed E-state index contributed by atoms with van der Waals surface area (Å²) < 4.78 is 35.2. The molecule has 0 atom stereocenters. The van der Waals surface area contributed by atoms with Crippen LogP contribution < -0.4 is 5.32 Å². The van der Waals surface area contributed by atoms with E-state index in [4.69, 9.17) is 0 Å². The predicted molar refractivity (Wildman–Crippen MR) is 61.5 cm³/mol. The minimum Gasteiger partial charge on any atom is -0.461 e. The number of imide groups is 1. The lowest BCUT2D eigenvalue weighted by Gasteiger charge is -2.06. The highest BCUT2D eigenvalue weighted by Crippen LogP contribution is 2.21. The zero-order valence-corrected chi connectivity index (χ0v) is 11.1. The van der Waals surface area contributed by atoms with Crippen molar-refractivity contribution in [2.24, 2.45) is 0 Å². The van der Waals surface area contributed by atoms with Crippen LogP contribution in [0.15, 0.2) is 0 Å². The van der Waals surface area contributed by atoms with Crippen molar-refractivity contribution >= 4 is 18.0 Å². The van der Waals surface area contributed by atoms with E-state index < -0.39 is 42.3 Å². The molecule has 1 heterocycles. The molecule has 0 aliphatic carbocycles. The Balaban J connectivity index is 2.95. The number of carbonyl (C=O) groups excluding carboxylic acids is 3. The molecule has 1 aromatic rings. The summed E-state index contributed by atoms with van der Waals surface area (Å²) in [5, 5.41) is 8.32. The normalized spacial score (nSPS) is 10.3. The molecule has 0 aromatic carbocycles. The molecule has 0 aliphatic heterocycles. The highest BCUT2D eigenvalue weighted by Gasteiger charge is 2.28. The Morgan fingerprint density at radius 1 is 1.38 bits per heavy atom. The summed E-state index contributed by atoms with van der Waals surface area (Å²) in [6, 6.07) is 0. The highest BCUT2D eigenvalue weighted by molar-refractivity contribution is 5.92. The quantitative estimate of drug-likeness (QED) is 0.777. The summed E-state index contributed by atoms with van der Waals surface area (Å²) in [6.07, 6.45) is -4.16. The van der Waals surface area contributed by atoms with Crippen molar-refractivity contribution in [3.63, 3.8) is 0 Å². The van der Waals surface area contributed by atoms with Crippen molar-refractivity contribution in [3.05, 3.63) is 11.4 Å². The minimum absolute atomic E-state index is 0.0306. The van der Waals surface area contributed by atoms with Crippen molar-refractivity contribution in [2.75, 3.05) is 13.7 Å². The number of rotatable bonds is 5. The lowest BCUT2D eigenvalue weighted by Crippen LogP contribution is -2.33. The van der Waals surface area contributed by atoms with Gasteiger partial charge in [-0.3, -0.25) is 10.1 Å². The number of hydrogen-bond donors (Lipinski definition) is 1. The molecule has 0 aliphatic rings. The summed E-state index contributed by atoms with van der Waals surface area (Å²) in [6.45, 7) is 0.729. The molecule has 9 nitrogen and oxygen atoms in total. The van der Waals surface area contributed by atoms with E-state index in [1.54, 1.807) is 5.32 Å². The first-order valence-electron chi connectivity index (χ1n) is 5.67. The van der Waals surface area contributed by atoms with Gasteiger partial charge in [-0.25, -0.2) is 23.1 Å². The molecule has 21 heavy (non-hydrogen) atoms. The van der Waals surface area contributed by atoms with Crippen molar-refractivity contribution in [1.29, 1.82) is 0 Å².